The number of carbonyl (C=O) groups excluding carboxylic acids is 1. The van der Waals surface area contributed by atoms with Crippen molar-refractivity contribution in [3.8, 4) is 5.75 Å². The smallest absolute Gasteiger partial charge is 0.417 e. The lowest BCUT2D eigenvalue weighted by Gasteiger charge is -2.37. The molecule has 9 heteroatoms. The minimum Gasteiger partial charge on any atom is -0.494 e. The molecule has 2 aliphatic heterocycles. The van der Waals surface area contributed by atoms with E-state index in [0.29, 0.717) is 31.8 Å². The number of carbonyl (C=O) groups is 1. The Balaban J connectivity index is 1.24. The minimum atomic E-state index is -4.80. The number of ether oxygens (including phenoxy) is 1. The van der Waals surface area contributed by atoms with Gasteiger partial charge in [-0.15, -0.1) is 0 Å². The normalized spacial score (nSPS) is 21.0. The average Bonchev–Trinajstić information content (AvgIpc) is 2.91. The van der Waals surface area contributed by atoms with Crippen LogP contribution in [0.4, 0.5) is 23.2 Å². The summed E-state index contributed by atoms with van der Waals surface area (Å²) in [5, 5.41) is 0. The number of hydrogen-bond donors (Lipinski definition) is 0. The van der Waals surface area contributed by atoms with Crippen molar-refractivity contribution in [2.75, 3.05) is 50.8 Å². The molecule has 0 radical (unpaired) electrons. The Morgan fingerprint density at radius 2 is 1.74 bits per heavy atom. The lowest BCUT2D eigenvalue weighted by molar-refractivity contribution is -0.138. The van der Waals surface area contributed by atoms with Crippen LogP contribution < -0.4 is 9.64 Å². The number of piperazine rings is 1. The topological polar surface area (TPSA) is 36.0 Å². The van der Waals surface area contributed by atoms with Gasteiger partial charge in [-0.05, 0) is 74.6 Å². The summed E-state index contributed by atoms with van der Waals surface area (Å²) in [4.78, 5) is 18.9. The fraction of sp³-hybridized carbons (Fsp3) is 0.552. The highest BCUT2D eigenvalue weighted by molar-refractivity contribution is 5.96. The molecule has 2 heterocycles. The van der Waals surface area contributed by atoms with Crippen LogP contribution in [0.2, 0.25) is 0 Å². The SMILES string of the molecule is CCC1CCC(C)N(CCCOc2ccc(N3CCN(C(=O)c4ccc(F)cc4C(F)(F)F)CC3)cc2)C1. The molecule has 2 aliphatic rings. The van der Waals surface area contributed by atoms with Crippen molar-refractivity contribution in [2.45, 2.75) is 51.7 Å². The van der Waals surface area contributed by atoms with E-state index >= 15 is 0 Å². The van der Waals surface area contributed by atoms with Gasteiger partial charge in [0.25, 0.3) is 5.91 Å². The van der Waals surface area contributed by atoms with Gasteiger partial charge in [-0.2, -0.15) is 13.2 Å². The van der Waals surface area contributed by atoms with Gasteiger partial charge in [-0.3, -0.25) is 4.79 Å². The second kappa shape index (κ2) is 12.4. The van der Waals surface area contributed by atoms with E-state index in [1.165, 1.54) is 30.7 Å². The van der Waals surface area contributed by atoms with Crippen LogP contribution in [0.15, 0.2) is 42.5 Å². The van der Waals surface area contributed by atoms with Gasteiger partial charge in [0, 0.05) is 51.0 Å². The van der Waals surface area contributed by atoms with E-state index in [1.807, 2.05) is 24.3 Å². The van der Waals surface area contributed by atoms with Crippen LogP contribution in [-0.4, -0.2) is 67.6 Å². The number of alkyl halides is 3. The molecule has 38 heavy (non-hydrogen) atoms. The number of halogens is 4. The second-order valence-electron chi connectivity index (χ2n) is 10.4. The fourth-order valence-electron chi connectivity index (χ4n) is 5.39. The van der Waals surface area contributed by atoms with Crippen LogP contribution in [0, 0.1) is 11.7 Å². The molecule has 2 aromatic rings. The van der Waals surface area contributed by atoms with Crippen LogP contribution in [0.25, 0.3) is 0 Å². The number of benzene rings is 2. The molecule has 2 unspecified atom stereocenters. The minimum absolute atomic E-state index is 0.277. The van der Waals surface area contributed by atoms with Crippen molar-refractivity contribution < 1.29 is 27.1 Å². The number of piperidine rings is 1. The summed E-state index contributed by atoms with van der Waals surface area (Å²) < 4.78 is 59.4. The number of anilines is 1. The number of nitrogens with zero attached hydrogens (tertiary/aromatic N) is 3. The zero-order valence-electron chi connectivity index (χ0n) is 22.1. The highest BCUT2D eigenvalue weighted by atomic mass is 19.4. The van der Waals surface area contributed by atoms with E-state index in [9.17, 15) is 22.4 Å². The zero-order valence-corrected chi connectivity index (χ0v) is 22.1. The number of hydrogen-bond acceptors (Lipinski definition) is 4. The van der Waals surface area contributed by atoms with E-state index in [2.05, 4.69) is 23.6 Å². The van der Waals surface area contributed by atoms with Crippen molar-refractivity contribution in [2.24, 2.45) is 5.92 Å². The van der Waals surface area contributed by atoms with Gasteiger partial charge in [-0.25, -0.2) is 4.39 Å². The molecule has 0 aliphatic carbocycles. The van der Waals surface area contributed by atoms with Gasteiger partial charge in [0.2, 0.25) is 0 Å². The Hall–Kier alpha value is -2.81. The van der Waals surface area contributed by atoms with E-state index < -0.39 is 29.0 Å². The Labute approximate surface area is 222 Å². The van der Waals surface area contributed by atoms with Crippen molar-refractivity contribution in [1.82, 2.24) is 9.80 Å². The molecular weight excluding hydrogens is 498 g/mol. The first-order valence-corrected chi connectivity index (χ1v) is 13.5. The van der Waals surface area contributed by atoms with E-state index in [4.69, 9.17) is 4.74 Å². The van der Waals surface area contributed by atoms with Crippen LogP contribution in [0.5, 0.6) is 5.75 Å². The molecule has 0 aromatic heterocycles. The van der Waals surface area contributed by atoms with Crippen LogP contribution in [0.1, 0.15) is 55.5 Å². The maximum Gasteiger partial charge on any atom is 0.417 e. The highest BCUT2D eigenvalue weighted by Crippen LogP contribution is 2.33. The van der Waals surface area contributed by atoms with Crippen LogP contribution in [-0.2, 0) is 6.18 Å². The Bertz CT molecular complexity index is 1070. The standard InChI is InChI=1S/C29H37F4N3O2/c1-3-22-6-5-21(2)36(20-22)13-4-18-38-25-10-8-24(9-11-25)34-14-16-35(17-15-34)28(37)26-12-7-23(30)19-27(26)29(31,32)33/h7-12,19,21-22H,3-6,13-18,20H2,1-2H3. The average molecular weight is 536 g/mol. The summed E-state index contributed by atoms with van der Waals surface area (Å²) in [6, 6.07) is 10.6. The molecule has 0 bridgehead atoms. The molecule has 4 rings (SSSR count). The summed E-state index contributed by atoms with van der Waals surface area (Å²) in [6.45, 7) is 8.99. The number of likely N-dealkylation sites (tertiary alicyclic amines) is 1. The van der Waals surface area contributed by atoms with Gasteiger partial charge in [-0.1, -0.05) is 13.3 Å². The lowest BCUT2D eigenvalue weighted by atomic mass is 9.91. The fourth-order valence-corrected chi connectivity index (χ4v) is 5.39. The molecular formula is C29H37F4N3O2. The van der Waals surface area contributed by atoms with Gasteiger partial charge in [0.15, 0.2) is 0 Å². The summed E-state index contributed by atoms with van der Waals surface area (Å²) >= 11 is 0. The molecule has 2 fully saturated rings. The molecule has 5 nitrogen and oxygen atoms in total. The predicted molar refractivity (Wildman–Crippen MR) is 140 cm³/mol. The molecule has 2 atom stereocenters. The maximum absolute atomic E-state index is 13.4. The Morgan fingerprint density at radius 1 is 1.03 bits per heavy atom. The van der Waals surface area contributed by atoms with Gasteiger partial charge in [0.1, 0.15) is 11.6 Å². The molecule has 2 saturated heterocycles. The Kier molecular flexibility index (Phi) is 9.18. The molecule has 1 amide bonds. The molecule has 2 aromatic carbocycles. The first kappa shape index (κ1) is 28.2. The van der Waals surface area contributed by atoms with E-state index in [1.54, 1.807) is 0 Å². The molecule has 0 spiro atoms. The summed E-state index contributed by atoms with van der Waals surface area (Å²) in [7, 11) is 0. The van der Waals surface area contributed by atoms with Gasteiger partial charge < -0.3 is 19.4 Å². The summed E-state index contributed by atoms with van der Waals surface area (Å²) in [6.07, 6.45) is 0.00973. The van der Waals surface area contributed by atoms with Crippen molar-refractivity contribution in [3.63, 3.8) is 0 Å². The van der Waals surface area contributed by atoms with Gasteiger partial charge in [0.05, 0.1) is 17.7 Å². The third-order valence-corrected chi connectivity index (χ3v) is 7.83. The summed E-state index contributed by atoms with van der Waals surface area (Å²) in [5.74, 6) is -0.144. The largest absolute Gasteiger partial charge is 0.494 e. The number of rotatable bonds is 8. The Morgan fingerprint density at radius 3 is 2.39 bits per heavy atom. The molecule has 208 valence electrons. The monoisotopic (exact) mass is 535 g/mol. The third kappa shape index (κ3) is 6.98. The first-order chi connectivity index (χ1) is 18.2. The number of amides is 1. The zero-order chi connectivity index (χ0) is 27.3. The lowest BCUT2D eigenvalue weighted by Crippen LogP contribution is -2.49. The van der Waals surface area contributed by atoms with E-state index in [0.717, 1.165) is 42.5 Å². The van der Waals surface area contributed by atoms with Crippen molar-refractivity contribution in [3.05, 3.63) is 59.4 Å². The predicted octanol–water partition coefficient (Wildman–Crippen LogP) is 6.09. The van der Waals surface area contributed by atoms with Gasteiger partial charge >= 0.3 is 6.18 Å². The molecule has 0 saturated carbocycles. The van der Waals surface area contributed by atoms with E-state index in [-0.39, 0.29) is 13.1 Å². The van der Waals surface area contributed by atoms with Crippen molar-refractivity contribution >= 4 is 11.6 Å². The second-order valence-corrected chi connectivity index (χ2v) is 10.4. The summed E-state index contributed by atoms with van der Waals surface area (Å²) in [5.41, 5.74) is -0.792. The quantitative estimate of drug-likeness (QED) is 0.303. The first-order valence-electron chi connectivity index (χ1n) is 13.5. The van der Waals surface area contributed by atoms with Crippen LogP contribution in [0.3, 0.4) is 0 Å². The highest BCUT2D eigenvalue weighted by Gasteiger charge is 2.37. The van der Waals surface area contributed by atoms with Crippen molar-refractivity contribution in [1.29, 1.82) is 0 Å². The molecule has 0 N–H and O–H groups in total. The maximum atomic E-state index is 13.4. The van der Waals surface area contributed by atoms with Crippen LogP contribution >= 0.6 is 0 Å². The third-order valence-electron chi connectivity index (χ3n) is 7.83.